The van der Waals surface area contributed by atoms with E-state index in [1.807, 2.05) is 30.3 Å². The summed E-state index contributed by atoms with van der Waals surface area (Å²) in [6.45, 7) is 0. The zero-order valence-corrected chi connectivity index (χ0v) is 17.4. The van der Waals surface area contributed by atoms with Crippen LogP contribution in [-0.4, -0.2) is 24.6 Å². The summed E-state index contributed by atoms with van der Waals surface area (Å²) in [6.07, 6.45) is 2.12. The summed E-state index contributed by atoms with van der Waals surface area (Å²) in [5.41, 5.74) is 3.93. The van der Waals surface area contributed by atoms with Gasteiger partial charge in [-0.1, -0.05) is 36.4 Å². The van der Waals surface area contributed by atoms with Crippen LogP contribution in [-0.2, 0) is 12.8 Å². The molecule has 0 aliphatic heterocycles. The van der Waals surface area contributed by atoms with E-state index in [1.54, 1.807) is 30.5 Å². The molecule has 3 aromatic carbocycles. The molecule has 0 fully saturated rings. The molecule has 0 amide bonds. The van der Waals surface area contributed by atoms with Crippen LogP contribution >= 0.6 is 0 Å². The van der Waals surface area contributed by atoms with Crippen molar-refractivity contribution >= 4 is 5.65 Å². The molecule has 7 heteroatoms. The molecule has 0 aliphatic carbocycles. The fourth-order valence-electron chi connectivity index (χ4n) is 3.79. The molecule has 0 radical (unpaired) electrons. The normalized spacial score (nSPS) is 11.2. The molecule has 0 saturated heterocycles. The molecule has 0 spiro atoms. The predicted octanol–water partition coefficient (Wildman–Crippen LogP) is 5.27. The van der Waals surface area contributed by atoms with Crippen LogP contribution in [0.2, 0.25) is 0 Å². The zero-order chi connectivity index (χ0) is 22.9. The third-order valence-corrected chi connectivity index (χ3v) is 5.47. The monoisotopic (exact) mass is 443 g/mol. The standard InChI is InChI=1S/C26H19F2N3O2/c27-19-9-6-18(21(28)14-19)13-23-26(33)31-15-24(17-7-10-20(32)11-8-17)29-22(25(31)30-23)12-16-4-2-1-3-5-16/h1-11,14-15,32-33H,12-13H2. The number of aromatic nitrogens is 3. The molecule has 2 N–H and O–H groups in total. The van der Waals surface area contributed by atoms with E-state index in [0.717, 1.165) is 17.2 Å². The van der Waals surface area contributed by atoms with Crippen molar-refractivity contribution in [3.63, 3.8) is 0 Å². The molecule has 5 nitrogen and oxygen atoms in total. The minimum Gasteiger partial charge on any atom is -0.508 e. The Labute approximate surface area is 188 Å². The van der Waals surface area contributed by atoms with Gasteiger partial charge in [-0.05, 0) is 41.5 Å². The van der Waals surface area contributed by atoms with Crippen molar-refractivity contribution in [2.24, 2.45) is 0 Å². The fraction of sp³-hybridized carbons (Fsp3) is 0.0769. The number of hydrogen-bond donors (Lipinski definition) is 2. The first-order chi connectivity index (χ1) is 16.0. The van der Waals surface area contributed by atoms with Gasteiger partial charge in [0.1, 0.15) is 23.1 Å². The van der Waals surface area contributed by atoms with Gasteiger partial charge in [0.15, 0.2) is 5.65 Å². The molecule has 0 saturated carbocycles. The Morgan fingerprint density at radius 3 is 2.27 bits per heavy atom. The molecule has 0 unspecified atom stereocenters. The highest BCUT2D eigenvalue weighted by molar-refractivity contribution is 5.64. The minimum atomic E-state index is -0.695. The summed E-state index contributed by atoms with van der Waals surface area (Å²) in [4.78, 5) is 9.35. The van der Waals surface area contributed by atoms with Gasteiger partial charge < -0.3 is 10.2 Å². The number of rotatable bonds is 5. The SMILES string of the molecule is Oc1ccc(-c2cn3c(O)c(Cc4ccc(F)cc4F)nc3c(Cc3ccccc3)n2)cc1. The Morgan fingerprint density at radius 1 is 0.788 bits per heavy atom. The van der Waals surface area contributed by atoms with Crippen molar-refractivity contribution in [3.05, 3.63) is 113 Å². The first-order valence-electron chi connectivity index (χ1n) is 10.3. The average Bonchev–Trinajstić information content (AvgIpc) is 3.12. The Morgan fingerprint density at radius 2 is 1.55 bits per heavy atom. The van der Waals surface area contributed by atoms with Crippen LogP contribution < -0.4 is 0 Å². The first kappa shape index (κ1) is 20.6. The van der Waals surface area contributed by atoms with Gasteiger partial charge in [0, 0.05) is 30.7 Å². The first-order valence-corrected chi connectivity index (χ1v) is 10.3. The van der Waals surface area contributed by atoms with Gasteiger partial charge in [-0.3, -0.25) is 4.40 Å². The van der Waals surface area contributed by atoms with Crippen molar-refractivity contribution in [3.8, 4) is 22.9 Å². The van der Waals surface area contributed by atoms with Crippen molar-refractivity contribution in [2.75, 3.05) is 0 Å². The Bertz CT molecular complexity index is 1450. The summed E-state index contributed by atoms with van der Waals surface area (Å²) < 4.78 is 29.0. The lowest BCUT2D eigenvalue weighted by molar-refractivity contribution is 0.442. The van der Waals surface area contributed by atoms with E-state index in [2.05, 4.69) is 4.98 Å². The summed E-state index contributed by atoms with van der Waals surface area (Å²) in [7, 11) is 0. The van der Waals surface area contributed by atoms with Crippen LogP contribution in [0.5, 0.6) is 11.6 Å². The molecule has 5 aromatic rings. The Balaban J connectivity index is 1.64. The largest absolute Gasteiger partial charge is 0.508 e. The van der Waals surface area contributed by atoms with E-state index >= 15 is 0 Å². The number of nitrogens with zero attached hydrogens (tertiary/aromatic N) is 3. The van der Waals surface area contributed by atoms with Gasteiger partial charge in [-0.15, -0.1) is 0 Å². The van der Waals surface area contributed by atoms with Gasteiger partial charge in [0.25, 0.3) is 0 Å². The number of hydrogen-bond acceptors (Lipinski definition) is 4. The number of halogens is 2. The van der Waals surface area contributed by atoms with Crippen molar-refractivity contribution in [2.45, 2.75) is 12.8 Å². The van der Waals surface area contributed by atoms with E-state index < -0.39 is 11.6 Å². The molecule has 0 bridgehead atoms. The molecule has 164 valence electrons. The van der Waals surface area contributed by atoms with Gasteiger partial charge in [0.05, 0.1) is 11.4 Å². The fourth-order valence-corrected chi connectivity index (χ4v) is 3.79. The number of fused-ring (bicyclic) bond motifs is 1. The van der Waals surface area contributed by atoms with Crippen LogP contribution in [0.4, 0.5) is 8.78 Å². The van der Waals surface area contributed by atoms with Crippen LogP contribution in [0.3, 0.4) is 0 Å². The molecule has 0 aliphatic rings. The molecule has 33 heavy (non-hydrogen) atoms. The number of aromatic hydroxyl groups is 2. The van der Waals surface area contributed by atoms with E-state index in [4.69, 9.17) is 4.98 Å². The highest BCUT2D eigenvalue weighted by Crippen LogP contribution is 2.29. The molecular weight excluding hydrogens is 424 g/mol. The third-order valence-electron chi connectivity index (χ3n) is 5.47. The summed E-state index contributed by atoms with van der Waals surface area (Å²) >= 11 is 0. The number of benzene rings is 3. The van der Waals surface area contributed by atoms with Gasteiger partial charge >= 0.3 is 0 Å². The third kappa shape index (κ3) is 4.13. The maximum absolute atomic E-state index is 14.2. The van der Waals surface area contributed by atoms with E-state index in [0.29, 0.717) is 23.5 Å². The van der Waals surface area contributed by atoms with Gasteiger partial charge in [-0.2, -0.15) is 0 Å². The lowest BCUT2D eigenvalue weighted by Gasteiger charge is -2.08. The van der Waals surface area contributed by atoms with Crippen LogP contribution in [0.1, 0.15) is 22.5 Å². The number of phenols is 1. The van der Waals surface area contributed by atoms with Crippen molar-refractivity contribution in [1.29, 1.82) is 0 Å². The average molecular weight is 443 g/mol. The maximum Gasteiger partial charge on any atom is 0.219 e. The number of imidazole rings is 1. The predicted molar refractivity (Wildman–Crippen MR) is 120 cm³/mol. The smallest absolute Gasteiger partial charge is 0.219 e. The van der Waals surface area contributed by atoms with Crippen molar-refractivity contribution in [1.82, 2.24) is 14.4 Å². The highest BCUT2D eigenvalue weighted by atomic mass is 19.1. The molecular formula is C26H19F2N3O2. The minimum absolute atomic E-state index is 0.00105. The molecule has 0 atom stereocenters. The maximum atomic E-state index is 14.2. The lowest BCUT2D eigenvalue weighted by Crippen LogP contribution is -2.00. The topological polar surface area (TPSA) is 70.7 Å². The van der Waals surface area contributed by atoms with Crippen LogP contribution in [0.25, 0.3) is 16.9 Å². The van der Waals surface area contributed by atoms with Crippen LogP contribution in [0, 0.1) is 11.6 Å². The van der Waals surface area contributed by atoms with Gasteiger partial charge in [-0.25, -0.2) is 18.7 Å². The Kier molecular flexibility index (Phi) is 5.22. The molecule has 2 aromatic heterocycles. The lowest BCUT2D eigenvalue weighted by atomic mass is 10.1. The second kappa shape index (κ2) is 8.35. The van der Waals surface area contributed by atoms with Crippen LogP contribution in [0.15, 0.2) is 79.0 Å². The van der Waals surface area contributed by atoms with E-state index in [9.17, 15) is 19.0 Å². The van der Waals surface area contributed by atoms with E-state index in [1.165, 1.54) is 16.5 Å². The van der Waals surface area contributed by atoms with E-state index in [-0.39, 0.29) is 29.3 Å². The quantitative estimate of drug-likeness (QED) is 0.388. The summed E-state index contributed by atoms with van der Waals surface area (Å²) in [6, 6.07) is 19.7. The highest BCUT2D eigenvalue weighted by Gasteiger charge is 2.19. The zero-order valence-electron chi connectivity index (χ0n) is 17.4. The number of phenolic OH excluding ortho intramolecular Hbond substituents is 1. The van der Waals surface area contributed by atoms with Crippen molar-refractivity contribution < 1.29 is 19.0 Å². The molecule has 5 rings (SSSR count). The summed E-state index contributed by atoms with van der Waals surface area (Å²) in [5.74, 6) is -1.36. The second-order valence-electron chi connectivity index (χ2n) is 7.77. The summed E-state index contributed by atoms with van der Waals surface area (Å²) in [5, 5.41) is 20.6. The Hall–Kier alpha value is -4.26. The molecule has 2 heterocycles. The second-order valence-corrected chi connectivity index (χ2v) is 7.77. The van der Waals surface area contributed by atoms with Gasteiger partial charge in [0.2, 0.25) is 5.88 Å².